The summed E-state index contributed by atoms with van der Waals surface area (Å²) in [6.45, 7) is 0. The number of nitrogens with zero attached hydrogens (tertiary/aromatic N) is 3. The Labute approximate surface area is 94.1 Å². The minimum Gasteiger partial charge on any atom is -0.301 e. The number of benzene rings is 1. The molecule has 0 saturated heterocycles. The van der Waals surface area contributed by atoms with E-state index in [1.165, 1.54) is 11.8 Å². The zero-order valence-electron chi connectivity index (χ0n) is 8.80. The van der Waals surface area contributed by atoms with Gasteiger partial charge in [-0.05, 0) is 18.4 Å². The minimum absolute atomic E-state index is 0.434. The van der Waals surface area contributed by atoms with Crippen LogP contribution < -0.4 is 5.73 Å². The maximum atomic E-state index is 8.88. The van der Waals surface area contributed by atoms with Crippen molar-refractivity contribution in [3.8, 4) is 6.07 Å². The second-order valence-electron chi connectivity index (χ2n) is 3.78. The van der Waals surface area contributed by atoms with Crippen LogP contribution in [0, 0.1) is 11.3 Å². The summed E-state index contributed by atoms with van der Waals surface area (Å²) in [7, 11) is 0. The molecule has 0 amide bonds. The lowest BCUT2D eigenvalue weighted by Gasteiger charge is -2.18. The SMILES string of the molecule is N#CC1=CN=NC1(N)CCc1ccccc1. The first-order valence-corrected chi connectivity index (χ1v) is 5.10. The van der Waals surface area contributed by atoms with E-state index in [1.807, 2.05) is 36.4 Å². The van der Waals surface area contributed by atoms with E-state index in [2.05, 4.69) is 10.2 Å². The molecule has 1 heterocycles. The molecular weight excluding hydrogens is 200 g/mol. The van der Waals surface area contributed by atoms with Crippen molar-refractivity contribution in [2.45, 2.75) is 18.5 Å². The molecule has 2 rings (SSSR count). The quantitative estimate of drug-likeness (QED) is 0.833. The first-order valence-electron chi connectivity index (χ1n) is 5.10. The molecule has 80 valence electrons. The highest BCUT2D eigenvalue weighted by atomic mass is 15.2. The third kappa shape index (κ3) is 2.00. The van der Waals surface area contributed by atoms with Crippen LogP contribution in [0.15, 0.2) is 52.3 Å². The number of nitrogens with two attached hydrogens (primary N) is 1. The fraction of sp³-hybridized carbons (Fsp3) is 0.250. The van der Waals surface area contributed by atoms with Crippen LogP contribution in [0.5, 0.6) is 0 Å². The maximum absolute atomic E-state index is 8.88. The van der Waals surface area contributed by atoms with Crippen molar-refractivity contribution < 1.29 is 0 Å². The van der Waals surface area contributed by atoms with Gasteiger partial charge in [-0.3, -0.25) is 0 Å². The Balaban J connectivity index is 2.04. The second kappa shape index (κ2) is 4.25. The number of azo groups is 1. The molecule has 2 N–H and O–H groups in total. The number of hydrogen-bond donors (Lipinski definition) is 1. The van der Waals surface area contributed by atoms with Crippen molar-refractivity contribution in [2.75, 3.05) is 0 Å². The average molecular weight is 212 g/mol. The van der Waals surface area contributed by atoms with Gasteiger partial charge in [-0.25, -0.2) is 0 Å². The molecule has 4 heteroatoms. The van der Waals surface area contributed by atoms with Gasteiger partial charge in [0, 0.05) is 0 Å². The molecule has 0 bridgehead atoms. The predicted molar refractivity (Wildman–Crippen MR) is 60.2 cm³/mol. The van der Waals surface area contributed by atoms with Gasteiger partial charge in [0.25, 0.3) is 0 Å². The van der Waals surface area contributed by atoms with Crippen molar-refractivity contribution in [3.05, 3.63) is 47.7 Å². The topological polar surface area (TPSA) is 74.5 Å². The van der Waals surface area contributed by atoms with E-state index in [4.69, 9.17) is 11.0 Å². The minimum atomic E-state index is -0.926. The molecule has 0 aromatic heterocycles. The molecule has 1 unspecified atom stereocenters. The van der Waals surface area contributed by atoms with Crippen LogP contribution in [-0.2, 0) is 6.42 Å². The lowest BCUT2D eigenvalue weighted by Crippen LogP contribution is -2.38. The van der Waals surface area contributed by atoms with Crippen LogP contribution >= 0.6 is 0 Å². The number of nitriles is 1. The summed E-state index contributed by atoms with van der Waals surface area (Å²) in [6.07, 6.45) is 2.82. The Morgan fingerprint density at radius 3 is 2.75 bits per heavy atom. The number of hydrogen-bond acceptors (Lipinski definition) is 4. The fourth-order valence-electron chi connectivity index (χ4n) is 1.65. The molecule has 1 aliphatic rings. The Kier molecular flexibility index (Phi) is 2.80. The maximum Gasteiger partial charge on any atom is 0.166 e. The van der Waals surface area contributed by atoms with Gasteiger partial charge in [0.15, 0.2) is 5.66 Å². The summed E-state index contributed by atoms with van der Waals surface area (Å²) in [6, 6.07) is 12.0. The van der Waals surface area contributed by atoms with Gasteiger partial charge in [0.1, 0.15) is 6.07 Å². The van der Waals surface area contributed by atoms with Crippen molar-refractivity contribution in [2.24, 2.45) is 16.0 Å². The smallest absolute Gasteiger partial charge is 0.166 e. The zero-order chi connectivity index (χ0) is 11.4. The van der Waals surface area contributed by atoms with E-state index in [9.17, 15) is 0 Å². The third-order valence-electron chi connectivity index (χ3n) is 2.65. The van der Waals surface area contributed by atoms with E-state index in [0.717, 1.165) is 6.42 Å². The molecule has 0 aliphatic carbocycles. The third-order valence-corrected chi connectivity index (χ3v) is 2.65. The monoisotopic (exact) mass is 212 g/mol. The van der Waals surface area contributed by atoms with E-state index in [-0.39, 0.29) is 0 Å². The van der Waals surface area contributed by atoms with Crippen molar-refractivity contribution in [1.82, 2.24) is 0 Å². The van der Waals surface area contributed by atoms with E-state index in [1.54, 1.807) is 0 Å². The first-order chi connectivity index (χ1) is 7.74. The van der Waals surface area contributed by atoms with Crippen molar-refractivity contribution in [1.29, 1.82) is 5.26 Å². The lowest BCUT2D eigenvalue weighted by molar-refractivity contribution is 0.487. The Bertz CT molecular complexity index is 470. The standard InChI is InChI=1S/C12H12N4/c13-8-11-9-15-16-12(11,14)7-6-10-4-2-1-3-5-10/h1-5,9H,6-7,14H2. The predicted octanol–water partition coefficient (Wildman–Crippen LogP) is 2.15. The summed E-state index contributed by atoms with van der Waals surface area (Å²) in [5.41, 5.74) is 6.70. The van der Waals surface area contributed by atoms with E-state index >= 15 is 0 Å². The highest BCUT2D eigenvalue weighted by Gasteiger charge is 2.32. The highest BCUT2D eigenvalue weighted by molar-refractivity contribution is 5.34. The Morgan fingerprint density at radius 2 is 2.06 bits per heavy atom. The van der Waals surface area contributed by atoms with Gasteiger partial charge < -0.3 is 5.73 Å². The molecule has 1 aliphatic heterocycles. The van der Waals surface area contributed by atoms with Gasteiger partial charge in [0.05, 0.1) is 11.8 Å². The summed E-state index contributed by atoms with van der Waals surface area (Å²) >= 11 is 0. The molecule has 1 atom stereocenters. The molecule has 0 fully saturated rings. The molecule has 16 heavy (non-hydrogen) atoms. The van der Waals surface area contributed by atoms with Gasteiger partial charge in [0.2, 0.25) is 0 Å². The van der Waals surface area contributed by atoms with Crippen LogP contribution in [0.25, 0.3) is 0 Å². The van der Waals surface area contributed by atoms with Crippen LogP contribution in [0.1, 0.15) is 12.0 Å². The number of aryl methyl sites for hydroxylation is 1. The zero-order valence-corrected chi connectivity index (χ0v) is 8.80. The first kappa shape index (κ1) is 10.5. The van der Waals surface area contributed by atoms with Gasteiger partial charge in [-0.1, -0.05) is 30.3 Å². The molecule has 4 nitrogen and oxygen atoms in total. The molecule has 1 aromatic carbocycles. The van der Waals surface area contributed by atoms with Crippen LogP contribution in [0.3, 0.4) is 0 Å². The Hall–Kier alpha value is -1.99. The lowest BCUT2D eigenvalue weighted by atomic mass is 9.95. The van der Waals surface area contributed by atoms with E-state index in [0.29, 0.717) is 12.0 Å². The summed E-state index contributed by atoms with van der Waals surface area (Å²) in [5.74, 6) is 0. The fourth-order valence-corrected chi connectivity index (χ4v) is 1.65. The molecule has 1 aromatic rings. The van der Waals surface area contributed by atoms with Gasteiger partial charge >= 0.3 is 0 Å². The Morgan fingerprint density at radius 1 is 1.31 bits per heavy atom. The number of rotatable bonds is 3. The molecule has 0 saturated carbocycles. The summed E-state index contributed by atoms with van der Waals surface area (Å²) in [5, 5.41) is 16.5. The molecule has 0 spiro atoms. The second-order valence-corrected chi connectivity index (χ2v) is 3.78. The van der Waals surface area contributed by atoms with Gasteiger partial charge in [-0.15, -0.1) is 0 Å². The normalized spacial score (nSPS) is 22.9. The van der Waals surface area contributed by atoms with Crippen LogP contribution in [0.2, 0.25) is 0 Å². The van der Waals surface area contributed by atoms with Crippen molar-refractivity contribution >= 4 is 0 Å². The van der Waals surface area contributed by atoms with E-state index < -0.39 is 5.66 Å². The van der Waals surface area contributed by atoms with Crippen LogP contribution in [-0.4, -0.2) is 5.66 Å². The van der Waals surface area contributed by atoms with Crippen molar-refractivity contribution in [3.63, 3.8) is 0 Å². The van der Waals surface area contributed by atoms with Gasteiger partial charge in [-0.2, -0.15) is 15.5 Å². The van der Waals surface area contributed by atoms with Crippen LogP contribution in [0.4, 0.5) is 0 Å². The molecule has 0 radical (unpaired) electrons. The summed E-state index contributed by atoms with van der Waals surface area (Å²) in [4.78, 5) is 0. The summed E-state index contributed by atoms with van der Waals surface area (Å²) < 4.78 is 0. The molecular formula is C12H12N4. The average Bonchev–Trinajstić information content (AvgIpc) is 2.70. The highest BCUT2D eigenvalue weighted by Crippen LogP contribution is 2.26. The largest absolute Gasteiger partial charge is 0.301 e.